The normalized spacial score (nSPS) is 17.1. The predicted octanol–water partition coefficient (Wildman–Crippen LogP) is 2.85. The van der Waals surface area contributed by atoms with E-state index in [0.29, 0.717) is 19.4 Å². The fourth-order valence-electron chi connectivity index (χ4n) is 2.91. The molecule has 0 aromatic heterocycles. The molecule has 10 heteroatoms. The Kier molecular flexibility index (Phi) is 8.12. The zero-order valence-corrected chi connectivity index (χ0v) is 18.1. The minimum Gasteiger partial charge on any atom is -0.452 e. The van der Waals surface area contributed by atoms with Gasteiger partial charge in [-0.3, -0.25) is 9.59 Å². The summed E-state index contributed by atoms with van der Waals surface area (Å²) < 4.78 is 32.2. The number of carbonyl (C=O) groups is 2. The number of esters is 1. The van der Waals surface area contributed by atoms with E-state index in [-0.39, 0.29) is 33.9 Å². The third kappa shape index (κ3) is 5.37. The predicted molar refractivity (Wildman–Crippen MR) is 107 cm³/mol. The molecule has 1 aliphatic heterocycles. The minimum absolute atomic E-state index is 0.0564. The van der Waals surface area contributed by atoms with Crippen molar-refractivity contribution < 1.29 is 22.7 Å². The Morgan fingerprint density at radius 1 is 1.25 bits per heavy atom. The molecule has 7 nitrogen and oxygen atoms in total. The summed E-state index contributed by atoms with van der Waals surface area (Å²) in [5.74, 6) is -1.30. The zero-order valence-electron chi connectivity index (χ0n) is 15.8. The molecule has 1 amide bonds. The van der Waals surface area contributed by atoms with Gasteiger partial charge >= 0.3 is 5.97 Å². The maximum Gasteiger partial charge on any atom is 0.309 e. The topological polar surface area (TPSA) is 92.8 Å². The number of sulfonamides is 1. The second-order valence-corrected chi connectivity index (χ2v) is 9.29. The Labute approximate surface area is 175 Å². The zero-order chi connectivity index (χ0) is 20.9. The van der Waals surface area contributed by atoms with E-state index >= 15 is 0 Å². The van der Waals surface area contributed by atoms with Gasteiger partial charge in [-0.1, -0.05) is 36.2 Å². The van der Waals surface area contributed by atoms with E-state index in [9.17, 15) is 18.0 Å². The van der Waals surface area contributed by atoms with Crippen molar-refractivity contribution in [2.24, 2.45) is 5.92 Å². The highest BCUT2D eigenvalue weighted by molar-refractivity contribution is 7.89. The maximum absolute atomic E-state index is 12.9. The van der Waals surface area contributed by atoms with Gasteiger partial charge in [-0.05, 0) is 38.3 Å². The van der Waals surface area contributed by atoms with Gasteiger partial charge in [-0.2, -0.15) is 4.31 Å². The number of rotatable bonds is 7. The number of nitrogens with one attached hydrogen (secondary N) is 1. The highest BCUT2D eigenvalue weighted by Gasteiger charge is 2.35. The molecule has 1 fully saturated rings. The first kappa shape index (κ1) is 22.9. The molecule has 1 saturated heterocycles. The third-order valence-electron chi connectivity index (χ3n) is 4.52. The third-order valence-corrected chi connectivity index (χ3v) is 7.37. The molecule has 0 bridgehead atoms. The lowest BCUT2D eigenvalue weighted by molar-refractivity contribution is -0.159. The number of piperidine rings is 1. The minimum atomic E-state index is -3.87. The summed E-state index contributed by atoms with van der Waals surface area (Å²) in [5, 5.41) is 2.78. The first-order valence-electron chi connectivity index (χ1n) is 9.10. The SMILES string of the molecule is CCCNC(=O)C(C)OC(=O)C1CCN(S(=O)(=O)c2c(Cl)cccc2Cl)CC1. The molecule has 0 aliphatic carbocycles. The van der Waals surface area contributed by atoms with Gasteiger partial charge < -0.3 is 10.1 Å². The van der Waals surface area contributed by atoms with E-state index in [1.54, 1.807) is 6.07 Å². The van der Waals surface area contributed by atoms with Crippen molar-refractivity contribution in [2.45, 2.75) is 44.1 Å². The Balaban J connectivity index is 1.97. The van der Waals surface area contributed by atoms with Crippen molar-refractivity contribution in [3.8, 4) is 0 Å². The van der Waals surface area contributed by atoms with E-state index in [1.165, 1.54) is 23.4 Å². The van der Waals surface area contributed by atoms with Crippen molar-refractivity contribution in [3.05, 3.63) is 28.2 Å². The second kappa shape index (κ2) is 9.91. The molecule has 1 heterocycles. The van der Waals surface area contributed by atoms with Crippen LogP contribution in [-0.2, 0) is 24.3 Å². The Morgan fingerprint density at radius 2 is 1.82 bits per heavy atom. The van der Waals surface area contributed by atoms with Gasteiger partial charge in [-0.15, -0.1) is 0 Å². The summed E-state index contributed by atoms with van der Waals surface area (Å²) >= 11 is 12.1. The highest BCUT2D eigenvalue weighted by Crippen LogP contribution is 2.33. The first-order chi connectivity index (χ1) is 13.2. The molecule has 1 aromatic rings. The van der Waals surface area contributed by atoms with Crippen molar-refractivity contribution in [1.29, 1.82) is 0 Å². The molecule has 1 N–H and O–H groups in total. The van der Waals surface area contributed by atoms with Gasteiger partial charge in [0.25, 0.3) is 5.91 Å². The summed E-state index contributed by atoms with van der Waals surface area (Å²) in [5.41, 5.74) is 0. The van der Waals surface area contributed by atoms with Gasteiger partial charge in [0.15, 0.2) is 6.10 Å². The molecule has 0 spiro atoms. The first-order valence-corrected chi connectivity index (χ1v) is 11.3. The van der Waals surface area contributed by atoms with Gasteiger partial charge in [0.1, 0.15) is 4.90 Å². The van der Waals surface area contributed by atoms with Crippen molar-refractivity contribution in [3.63, 3.8) is 0 Å². The fourth-order valence-corrected chi connectivity index (χ4v) is 5.47. The molecule has 1 atom stereocenters. The summed E-state index contributed by atoms with van der Waals surface area (Å²) in [6.07, 6.45) is 0.490. The number of amides is 1. The van der Waals surface area contributed by atoms with Crippen LogP contribution in [-0.4, -0.2) is 50.3 Å². The van der Waals surface area contributed by atoms with Crippen molar-refractivity contribution in [1.82, 2.24) is 9.62 Å². The molecule has 2 rings (SSSR count). The number of benzene rings is 1. The molecular weight excluding hydrogens is 427 g/mol. The largest absolute Gasteiger partial charge is 0.452 e. The molecule has 156 valence electrons. The Bertz CT molecular complexity index is 803. The van der Waals surface area contributed by atoms with E-state index in [4.69, 9.17) is 27.9 Å². The summed E-state index contributed by atoms with van der Waals surface area (Å²) in [7, 11) is -3.87. The fraction of sp³-hybridized carbons (Fsp3) is 0.556. The van der Waals surface area contributed by atoms with Gasteiger partial charge in [-0.25, -0.2) is 8.42 Å². The summed E-state index contributed by atoms with van der Waals surface area (Å²) in [6.45, 7) is 4.23. The standard InChI is InChI=1S/C18H24Cl2N2O5S/c1-3-9-21-17(23)12(2)27-18(24)13-7-10-22(11-8-13)28(25,26)16-14(19)5-4-6-15(16)20/h4-6,12-13H,3,7-11H2,1-2H3,(H,21,23). The second-order valence-electron chi connectivity index (χ2n) is 6.60. The summed E-state index contributed by atoms with van der Waals surface area (Å²) in [4.78, 5) is 24.0. The van der Waals surface area contributed by atoms with Crippen LogP contribution in [0.3, 0.4) is 0 Å². The van der Waals surface area contributed by atoms with Gasteiger partial charge in [0.05, 0.1) is 16.0 Å². The van der Waals surface area contributed by atoms with Crippen LogP contribution in [0.4, 0.5) is 0 Å². The smallest absolute Gasteiger partial charge is 0.309 e. The van der Waals surface area contributed by atoms with E-state index in [2.05, 4.69) is 5.32 Å². The average Bonchev–Trinajstić information content (AvgIpc) is 2.65. The van der Waals surface area contributed by atoms with E-state index in [0.717, 1.165) is 6.42 Å². The number of halogens is 2. The molecule has 0 radical (unpaired) electrons. The Morgan fingerprint density at radius 3 is 2.36 bits per heavy atom. The molecule has 1 aromatic carbocycles. The number of hydrogen-bond donors (Lipinski definition) is 1. The molecular formula is C18H24Cl2N2O5S. The lowest BCUT2D eigenvalue weighted by Gasteiger charge is -2.31. The van der Waals surface area contributed by atoms with Crippen LogP contribution in [0.5, 0.6) is 0 Å². The van der Waals surface area contributed by atoms with Crippen LogP contribution >= 0.6 is 23.2 Å². The van der Waals surface area contributed by atoms with Crippen molar-refractivity contribution in [2.75, 3.05) is 19.6 Å². The molecule has 28 heavy (non-hydrogen) atoms. The van der Waals surface area contributed by atoms with Crippen LogP contribution in [0, 0.1) is 5.92 Å². The van der Waals surface area contributed by atoms with Crippen LogP contribution in [0.25, 0.3) is 0 Å². The van der Waals surface area contributed by atoms with Crippen molar-refractivity contribution >= 4 is 45.1 Å². The van der Waals surface area contributed by atoms with Crippen LogP contribution < -0.4 is 5.32 Å². The molecule has 1 unspecified atom stereocenters. The average molecular weight is 451 g/mol. The van der Waals surface area contributed by atoms with Crippen LogP contribution in [0.15, 0.2) is 23.1 Å². The van der Waals surface area contributed by atoms with Gasteiger partial charge in [0, 0.05) is 19.6 Å². The van der Waals surface area contributed by atoms with E-state index < -0.39 is 28.0 Å². The number of hydrogen-bond acceptors (Lipinski definition) is 5. The Hall–Kier alpha value is -1.35. The maximum atomic E-state index is 12.9. The van der Waals surface area contributed by atoms with Gasteiger partial charge in [0.2, 0.25) is 10.0 Å². The number of carbonyl (C=O) groups excluding carboxylic acids is 2. The highest BCUT2D eigenvalue weighted by atomic mass is 35.5. The number of nitrogens with zero attached hydrogens (tertiary/aromatic N) is 1. The summed E-state index contributed by atoms with van der Waals surface area (Å²) in [6, 6.07) is 4.51. The van der Waals surface area contributed by atoms with Crippen LogP contribution in [0.1, 0.15) is 33.1 Å². The van der Waals surface area contributed by atoms with Crippen LogP contribution in [0.2, 0.25) is 10.0 Å². The molecule has 1 aliphatic rings. The molecule has 0 saturated carbocycles. The van der Waals surface area contributed by atoms with E-state index in [1.807, 2.05) is 6.92 Å². The quantitative estimate of drug-likeness (QED) is 0.644. The lowest BCUT2D eigenvalue weighted by atomic mass is 9.98. The lowest BCUT2D eigenvalue weighted by Crippen LogP contribution is -2.42. The number of ether oxygens (including phenoxy) is 1. The monoisotopic (exact) mass is 450 g/mol.